The van der Waals surface area contributed by atoms with Gasteiger partial charge in [0.25, 0.3) is 0 Å². The van der Waals surface area contributed by atoms with Crippen LogP contribution in [0.15, 0.2) is 0 Å². The number of nitrogens with one attached hydrogen (secondary N) is 1. The molecule has 0 aliphatic heterocycles. The van der Waals surface area contributed by atoms with E-state index in [0.717, 1.165) is 25.7 Å². The molecule has 1 amide bonds. The van der Waals surface area contributed by atoms with Gasteiger partial charge in [-0.15, -0.1) is 0 Å². The van der Waals surface area contributed by atoms with Crippen molar-refractivity contribution in [3.8, 4) is 0 Å². The SMILES string of the molecule is CC(C)(C)CC(=O)N[C@H]1CCCCC[C@H]1C(=O)O. The fraction of sp³-hybridized carbons (Fsp3) is 0.857. The van der Waals surface area contributed by atoms with E-state index in [4.69, 9.17) is 0 Å². The Balaban J connectivity index is 2.60. The lowest BCUT2D eigenvalue weighted by Gasteiger charge is -2.25. The van der Waals surface area contributed by atoms with E-state index in [0.29, 0.717) is 12.8 Å². The zero-order chi connectivity index (χ0) is 13.8. The fourth-order valence-electron chi connectivity index (χ4n) is 2.52. The molecule has 4 nitrogen and oxygen atoms in total. The maximum absolute atomic E-state index is 11.9. The Morgan fingerprint density at radius 1 is 1.17 bits per heavy atom. The average Bonchev–Trinajstić information content (AvgIpc) is 2.39. The lowest BCUT2D eigenvalue weighted by atomic mass is 9.90. The van der Waals surface area contributed by atoms with E-state index in [1.54, 1.807) is 0 Å². The Bertz CT molecular complexity index is 307. The van der Waals surface area contributed by atoms with Crippen molar-refractivity contribution in [3.05, 3.63) is 0 Å². The summed E-state index contributed by atoms with van der Waals surface area (Å²) in [6.45, 7) is 6.02. The van der Waals surface area contributed by atoms with Crippen molar-refractivity contribution in [1.29, 1.82) is 0 Å². The van der Waals surface area contributed by atoms with Gasteiger partial charge in [-0.25, -0.2) is 0 Å². The maximum atomic E-state index is 11.9. The van der Waals surface area contributed by atoms with Crippen molar-refractivity contribution in [3.63, 3.8) is 0 Å². The molecule has 1 saturated carbocycles. The highest BCUT2D eigenvalue weighted by molar-refractivity contribution is 5.78. The van der Waals surface area contributed by atoms with Crippen LogP contribution in [0.4, 0.5) is 0 Å². The maximum Gasteiger partial charge on any atom is 0.308 e. The summed E-state index contributed by atoms with van der Waals surface area (Å²) in [4.78, 5) is 23.1. The van der Waals surface area contributed by atoms with Crippen LogP contribution in [-0.4, -0.2) is 23.0 Å². The first-order valence-corrected chi connectivity index (χ1v) is 6.82. The first kappa shape index (κ1) is 15.0. The van der Waals surface area contributed by atoms with Gasteiger partial charge in [0.15, 0.2) is 0 Å². The summed E-state index contributed by atoms with van der Waals surface area (Å²) in [7, 11) is 0. The number of carbonyl (C=O) groups excluding carboxylic acids is 1. The summed E-state index contributed by atoms with van der Waals surface area (Å²) in [6.07, 6.45) is 4.92. The highest BCUT2D eigenvalue weighted by Gasteiger charge is 2.31. The van der Waals surface area contributed by atoms with Gasteiger partial charge in [-0.05, 0) is 18.3 Å². The molecular weight excluding hydrogens is 230 g/mol. The minimum Gasteiger partial charge on any atom is -0.481 e. The quantitative estimate of drug-likeness (QED) is 0.762. The van der Waals surface area contributed by atoms with E-state index in [-0.39, 0.29) is 17.4 Å². The Morgan fingerprint density at radius 2 is 1.78 bits per heavy atom. The second kappa shape index (κ2) is 6.21. The largest absolute Gasteiger partial charge is 0.481 e. The van der Waals surface area contributed by atoms with Gasteiger partial charge < -0.3 is 10.4 Å². The molecule has 2 N–H and O–H groups in total. The monoisotopic (exact) mass is 255 g/mol. The topological polar surface area (TPSA) is 66.4 Å². The highest BCUT2D eigenvalue weighted by Crippen LogP contribution is 2.25. The van der Waals surface area contributed by atoms with E-state index in [2.05, 4.69) is 5.32 Å². The molecule has 0 bridgehead atoms. The minimum atomic E-state index is -0.780. The second-order valence-electron chi connectivity index (χ2n) is 6.49. The van der Waals surface area contributed by atoms with E-state index < -0.39 is 11.9 Å². The highest BCUT2D eigenvalue weighted by atomic mass is 16.4. The average molecular weight is 255 g/mol. The van der Waals surface area contributed by atoms with Gasteiger partial charge in [0.2, 0.25) is 5.91 Å². The summed E-state index contributed by atoms with van der Waals surface area (Å²) in [5.41, 5.74) is -0.0620. The zero-order valence-corrected chi connectivity index (χ0v) is 11.7. The van der Waals surface area contributed by atoms with Crippen LogP contribution < -0.4 is 5.32 Å². The van der Waals surface area contributed by atoms with Crippen LogP contribution >= 0.6 is 0 Å². The molecule has 0 aromatic rings. The van der Waals surface area contributed by atoms with Gasteiger partial charge in [-0.2, -0.15) is 0 Å². The van der Waals surface area contributed by atoms with Crippen molar-refractivity contribution in [1.82, 2.24) is 5.32 Å². The molecule has 0 aromatic carbocycles. The van der Waals surface area contributed by atoms with Crippen molar-refractivity contribution in [2.45, 2.75) is 65.3 Å². The first-order chi connectivity index (χ1) is 8.29. The molecule has 4 heteroatoms. The molecule has 1 rings (SSSR count). The Kier molecular flexibility index (Phi) is 5.17. The number of aliphatic carboxylic acids is 1. The summed E-state index contributed by atoms with van der Waals surface area (Å²) in [6, 6.07) is -0.195. The third kappa shape index (κ3) is 5.07. The van der Waals surface area contributed by atoms with Gasteiger partial charge in [0, 0.05) is 12.5 Å². The molecular formula is C14H25NO3. The number of rotatable bonds is 3. The van der Waals surface area contributed by atoms with Crippen LogP contribution in [0.5, 0.6) is 0 Å². The van der Waals surface area contributed by atoms with Crippen molar-refractivity contribution >= 4 is 11.9 Å². The van der Waals surface area contributed by atoms with E-state index in [1.165, 1.54) is 0 Å². The van der Waals surface area contributed by atoms with Crippen molar-refractivity contribution in [2.75, 3.05) is 0 Å². The van der Waals surface area contributed by atoms with Crippen LogP contribution in [0.25, 0.3) is 0 Å². The summed E-state index contributed by atoms with van der Waals surface area (Å²) >= 11 is 0. The standard InChI is InChI=1S/C14H25NO3/c1-14(2,3)9-12(16)15-11-8-6-4-5-7-10(11)13(17)18/h10-11H,4-9H2,1-3H3,(H,15,16)(H,17,18)/t10-,11+/m1/s1. The van der Waals surface area contributed by atoms with Crippen molar-refractivity contribution < 1.29 is 14.7 Å². The molecule has 18 heavy (non-hydrogen) atoms. The van der Waals surface area contributed by atoms with Crippen LogP contribution in [0.3, 0.4) is 0 Å². The summed E-state index contributed by atoms with van der Waals surface area (Å²) < 4.78 is 0. The van der Waals surface area contributed by atoms with Crippen LogP contribution in [0, 0.1) is 11.3 Å². The number of hydrogen-bond acceptors (Lipinski definition) is 2. The predicted molar refractivity (Wildman–Crippen MR) is 70.2 cm³/mol. The molecule has 0 spiro atoms. The van der Waals surface area contributed by atoms with Crippen molar-refractivity contribution in [2.24, 2.45) is 11.3 Å². The Morgan fingerprint density at radius 3 is 2.33 bits per heavy atom. The number of carboxylic acids is 1. The summed E-state index contributed by atoms with van der Waals surface area (Å²) in [5, 5.41) is 12.2. The van der Waals surface area contributed by atoms with Gasteiger partial charge in [0.05, 0.1) is 5.92 Å². The molecule has 104 valence electrons. The molecule has 1 aliphatic rings. The van der Waals surface area contributed by atoms with Gasteiger partial charge in [0.1, 0.15) is 0 Å². The lowest BCUT2D eigenvalue weighted by Crippen LogP contribution is -2.43. The van der Waals surface area contributed by atoms with Crippen LogP contribution in [-0.2, 0) is 9.59 Å². The molecule has 0 saturated heterocycles. The molecule has 0 aromatic heterocycles. The predicted octanol–water partition coefficient (Wildman–Crippen LogP) is 2.57. The van der Waals surface area contributed by atoms with E-state index >= 15 is 0 Å². The third-order valence-corrected chi connectivity index (χ3v) is 3.37. The molecule has 0 heterocycles. The van der Waals surface area contributed by atoms with Gasteiger partial charge in [-0.1, -0.05) is 40.0 Å². The molecule has 1 aliphatic carbocycles. The molecule has 2 atom stereocenters. The number of carboxylic acid groups (broad SMARTS) is 1. The van der Waals surface area contributed by atoms with Gasteiger partial charge in [-0.3, -0.25) is 9.59 Å². The van der Waals surface area contributed by atoms with Crippen LogP contribution in [0.1, 0.15) is 59.3 Å². The van der Waals surface area contributed by atoms with E-state index in [1.807, 2.05) is 20.8 Å². The molecule has 0 unspecified atom stereocenters. The Labute approximate surface area is 109 Å². The molecule has 0 radical (unpaired) electrons. The normalized spacial score (nSPS) is 25.3. The lowest BCUT2D eigenvalue weighted by molar-refractivity contribution is -0.143. The smallest absolute Gasteiger partial charge is 0.308 e. The fourth-order valence-corrected chi connectivity index (χ4v) is 2.52. The minimum absolute atomic E-state index is 0.0272. The third-order valence-electron chi connectivity index (χ3n) is 3.37. The number of hydrogen-bond donors (Lipinski definition) is 2. The number of amides is 1. The number of carbonyl (C=O) groups is 2. The Hall–Kier alpha value is -1.06. The second-order valence-corrected chi connectivity index (χ2v) is 6.49. The molecule has 1 fully saturated rings. The summed E-state index contributed by atoms with van der Waals surface area (Å²) in [5.74, 6) is -1.23. The first-order valence-electron chi connectivity index (χ1n) is 6.82. The zero-order valence-electron chi connectivity index (χ0n) is 11.7. The van der Waals surface area contributed by atoms with Gasteiger partial charge >= 0.3 is 5.97 Å². The van der Waals surface area contributed by atoms with E-state index in [9.17, 15) is 14.7 Å². The van der Waals surface area contributed by atoms with Crippen LogP contribution in [0.2, 0.25) is 0 Å².